The first-order valence-electron chi connectivity index (χ1n) is 27.9. The van der Waals surface area contributed by atoms with Gasteiger partial charge in [-0.05, 0) is 153 Å². The van der Waals surface area contributed by atoms with Crippen molar-refractivity contribution < 1.29 is 7.85 Å². The standard InChI is InChI=1S/C70H65N3O/c1-70(2,3)59-45-62(54-27-14-7-15-28-54)68(74)63(46-59)69-72-67-60(29-18-30-66(67)73(69)65-36-31-48(39-47-19-16-17-20-47)40-61(65)53-25-12-6-13-26-53)57-41-56(50-23-10-5-11-24-50)42-58(43-57)64-44-55(37-38-71-64)52-34-32-51(33-35-52)49-21-8-4-9-22-49/h5-7,10-15,18,23-38,40-47,49,74H,4,8-9,16-17,19-22,39H2,1-3H3/i39D2. The van der Waals surface area contributed by atoms with Crippen LogP contribution in [0.15, 0.2) is 200 Å². The van der Waals surface area contributed by atoms with Gasteiger partial charge in [-0.3, -0.25) is 9.55 Å². The van der Waals surface area contributed by atoms with Crippen LogP contribution >= 0.6 is 0 Å². The van der Waals surface area contributed by atoms with Crippen molar-refractivity contribution >= 4 is 11.0 Å². The molecule has 2 heterocycles. The second kappa shape index (κ2) is 20.2. The molecule has 2 saturated carbocycles. The molecule has 0 aliphatic heterocycles. The molecule has 0 unspecified atom stereocenters. The number of rotatable bonds is 11. The predicted octanol–water partition coefficient (Wildman–Crippen LogP) is 18.9. The van der Waals surface area contributed by atoms with Crippen LogP contribution in [0.3, 0.4) is 0 Å². The molecular formula is C70H65N3O. The Morgan fingerprint density at radius 3 is 1.84 bits per heavy atom. The highest BCUT2D eigenvalue weighted by Gasteiger charge is 2.27. The zero-order valence-corrected chi connectivity index (χ0v) is 42.9. The predicted molar refractivity (Wildman–Crippen MR) is 309 cm³/mol. The molecule has 0 atom stereocenters. The van der Waals surface area contributed by atoms with Gasteiger partial charge in [-0.1, -0.05) is 199 Å². The maximum absolute atomic E-state index is 12.8. The summed E-state index contributed by atoms with van der Waals surface area (Å²) in [6, 6.07) is 68.1. The van der Waals surface area contributed by atoms with Crippen LogP contribution in [0, 0.1) is 5.92 Å². The molecule has 74 heavy (non-hydrogen) atoms. The maximum atomic E-state index is 12.8. The monoisotopic (exact) mass is 966 g/mol. The summed E-state index contributed by atoms with van der Waals surface area (Å²) in [5.41, 5.74) is 17.8. The topological polar surface area (TPSA) is 50.9 Å². The minimum atomic E-state index is -1.51. The number of aromatic nitrogens is 3. The molecule has 12 rings (SSSR count). The van der Waals surface area contributed by atoms with Gasteiger partial charge >= 0.3 is 0 Å². The number of benzene rings is 8. The molecule has 0 bridgehead atoms. The summed E-state index contributed by atoms with van der Waals surface area (Å²) in [6.45, 7) is 6.62. The highest BCUT2D eigenvalue weighted by molar-refractivity contribution is 5.99. The van der Waals surface area contributed by atoms with E-state index in [2.05, 4.69) is 165 Å². The molecule has 2 aliphatic rings. The lowest BCUT2D eigenvalue weighted by Crippen LogP contribution is -2.12. The highest BCUT2D eigenvalue weighted by atomic mass is 16.3. The third-order valence-corrected chi connectivity index (χ3v) is 15.8. The molecule has 0 spiro atoms. The number of hydrogen-bond acceptors (Lipinski definition) is 3. The third-order valence-electron chi connectivity index (χ3n) is 15.8. The minimum absolute atomic E-state index is 0.0469. The summed E-state index contributed by atoms with van der Waals surface area (Å²) in [5.74, 6) is 1.35. The lowest BCUT2D eigenvalue weighted by Gasteiger charge is -2.23. The van der Waals surface area contributed by atoms with E-state index in [1.165, 1.54) is 43.2 Å². The second-order valence-electron chi connectivity index (χ2n) is 21.8. The number of aromatic hydroxyl groups is 1. The normalized spacial score (nSPS) is 15.1. The Kier molecular flexibility index (Phi) is 12.3. The molecule has 0 amide bonds. The lowest BCUT2D eigenvalue weighted by atomic mass is 9.83. The second-order valence-corrected chi connectivity index (χ2v) is 21.8. The fraction of sp³-hybridized carbons (Fsp3) is 0.229. The fourth-order valence-corrected chi connectivity index (χ4v) is 11.7. The van der Waals surface area contributed by atoms with Crippen LogP contribution in [0.5, 0.6) is 5.75 Å². The molecule has 10 aromatic rings. The van der Waals surface area contributed by atoms with Gasteiger partial charge in [0.1, 0.15) is 11.6 Å². The summed E-state index contributed by atoms with van der Waals surface area (Å²) in [6.07, 6.45) is 10.8. The van der Waals surface area contributed by atoms with E-state index in [1.807, 2.05) is 60.8 Å². The van der Waals surface area contributed by atoms with Crippen LogP contribution < -0.4 is 0 Å². The molecular weight excluding hydrogens is 899 g/mol. The van der Waals surface area contributed by atoms with E-state index in [4.69, 9.17) is 9.97 Å². The van der Waals surface area contributed by atoms with Crippen molar-refractivity contribution in [1.29, 1.82) is 0 Å². The molecule has 2 fully saturated rings. The average Bonchev–Trinajstić information content (AvgIpc) is 4.27. The summed E-state index contributed by atoms with van der Waals surface area (Å²) < 4.78 is 21.4. The number of para-hydroxylation sites is 1. The lowest BCUT2D eigenvalue weighted by molar-refractivity contribution is 0.443. The van der Waals surface area contributed by atoms with Gasteiger partial charge in [0.2, 0.25) is 0 Å². The Bertz CT molecular complexity index is 3700. The zero-order chi connectivity index (χ0) is 52.0. The van der Waals surface area contributed by atoms with E-state index >= 15 is 0 Å². The van der Waals surface area contributed by atoms with Gasteiger partial charge in [0, 0.05) is 31.2 Å². The maximum Gasteiger partial charge on any atom is 0.149 e. The van der Waals surface area contributed by atoms with Crippen LogP contribution in [0.1, 0.15) is 104 Å². The number of hydrogen-bond donors (Lipinski definition) is 1. The van der Waals surface area contributed by atoms with E-state index in [1.54, 1.807) is 0 Å². The van der Waals surface area contributed by atoms with E-state index in [9.17, 15) is 7.85 Å². The van der Waals surface area contributed by atoms with Crippen LogP contribution in [0.25, 0.3) is 95.0 Å². The molecule has 2 aromatic heterocycles. The first-order valence-corrected chi connectivity index (χ1v) is 26.9. The molecule has 2 aliphatic carbocycles. The quantitative estimate of drug-likeness (QED) is 0.141. The first kappa shape index (κ1) is 44.8. The zero-order valence-electron chi connectivity index (χ0n) is 44.9. The van der Waals surface area contributed by atoms with Crippen LogP contribution in [-0.2, 0) is 11.8 Å². The SMILES string of the molecule is [2H]C([2H])(c1ccc(-n2c(-c3cc(C(C)(C)C)cc(-c4ccccc4)c3O)nc3c(-c4cc(-c5ccccc5)cc(-c5cc(-c6ccc(C7CCCCC7)cc6)ccn5)c4)cccc32)c(-c2ccccc2)c1)C1CCCC1. The Morgan fingerprint density at radius 2 is 1.14 bits per heavy atom. The summed E-state index contributed by atoms with van der Waals surface area (Å²) in [4.78, 5) is 10.8. The van der Waals surface area contributed by atoms with Crippen molar-refractivity contribution in [3.05, 3.63) is 217 Å². The Balaban J connectivity index is 1.09. The number of pyridine rings is 1. The molecule has 1 N–H and O–H groups in total. The van der Waals surface area contributed by atoms with E-state index < -0.39 is 6.37 Å². The number of phenols is 1. The number of nitrogens with zero attached hydrogens (tertiary/aromatic N) is 3. The highest BCUT2D eigenvalue weighted by Crippen LogP contribution is 2.46. The summed E-state index contributed by atoms with van der Waals surface area (Å²) in [5, 5.41) is 12.8. The van der Waals surface area contributed by atoms with Crippen LogP contribution in [0.2, 0.25) is 0 Å². The van der Waals surface area contributed by atoms with Gasteiger partial charge in [0.25, 0.3) is 0 Å². The molecule has 366 valence electrons. The molecule has 4 heteroatoms. The van der Waals surface area contributed by atoms with Gasteiger partial charge in [-0.25, -0.2) is 4.98 Å². The Labute approximate surface area is 440 Å². The smallest absolute Gasteiger partial charge is 0.149 e. The van der Waals surface area contributed by atoms with E-state index in [-0.39, 0.29) is 17.1 Å². The van der Waals surface area contributed by atoms with Gasteiger partial charge in [-0.2, -0.15) is 0 Å². The third kappa shape index (κ3) is 9.50. The summed E-state index contributed by atoms with van der Waals surface area (Å²) in [7, 11) is 0. The van der Waals surface area contributed by atoms with Gasteiger partial charge in [0.15, 0.2) is 0 Å². The molecule has 4 nitrogen and oxygen atoms in total. The Hall–Kier alpha value is -7.82. The van der Waals surface area contributed by atoms with Gasteiger partial charge < -0.3 is 5.11 Å². The van der Waals surface area contributed by atoms with Gasteiger partial charge in [-0.15, -0.1) is 0 Å². The van der Waals surface area contributed by atoms with Crippen molar-refractivity contribution in [3.8, 4) is 89.7 Å². The van der Waals surface area contributed by atoms with Gasteiger partial charge in [0.05, 0.1) is 28.0 Å². The van der Waals surface area contributed by atoms with E-state index in [0.29, 0.717) is 22.9 Å². The van der Waals surface area contributed by atoms with Crippen molar-refractivity contribution in [3.63, 3.8) is 0 Å². The Morgan fingerprint density at radius 1 is 0.514 bits per heavy atom. The molecule has 0 saturated heterocycles. The molecule has 8 aromatic carbocycles. The number of fused-ring (bicyclic) bond motifs is 1. The fourth-order valence-electron chi connectivity index (χ4n) is 11.7. The van der Waals surface area contributed by atoms with Crippen LogP contribution in [0.4, 0.5) is 0 Å². The van der Waals surface area contributed by atoms with Crippen molar-refractivity contribution in [2.75, 3.05) is 0 Å². The number of phenolic OH excluding ortho intramolecular Hbond substituents is 1. The minimum Gasteiger partial charge on any atom is -0.507 e. The van der Waals surface area contributed by atoms with E-state index in [0.717, 1.165) is 109 Å². The average molecular weight is 966 g/mol. The summed E-state index contributed by atoms with van der Waals surface area (Å²) >= 11 is 0. The van der Waals surface area contributed by atoms with Crippen molar-refractivity contribution in [2.45, 2.75) is 96.3 Å². The van der Waals surface area contributed by atoms with Crippen molar-refractivity contribution in [2.24, 2.45) is 5.92 Å². The first-order chi connectivity index (χ1) is 37.0. The molecule has 0 radical (unpaired) electrons. The van der Waals surface area contributed by atoms with Crippen LogP contribution in [-0.4, -0.2) is 19.6 Å². The van der Waals surface area contributed by atoms with Crippen molar-refractivity contribution in [1.82, 2.24) is 14.5 Å². The largest absolute Gasteiger partial charge is 0.507 e. The number of imidazole rings is 1.